The van der Waals surface area contributed by atoms with Gasteiger partial charge in [-0.25, -0.2) is 18.0 Å². The maximum Gasteiger partial charge on any atom is 0.338 e. The first-order chi connectivity index (χ1) is 15.4. The lowest BCUT2D eigenvalue weighted by Crippen LogP contribution is -2.50. The van der Waals surface area contributed by atoms with E-state index in [0.29, 0.717) is 5.69 Å². The number of carbonyl (C=O) groups is 4. The van der Waals surface area contributed by atoms with Crippen molar-refractivity contribution in [3.05, 3.63) is 35.5 Å². The van der Waals surface area contributed by atoms with Gasteiger partial charge in [0.15, 0.2) is 0 Å². The number of hydrogen-bond donors (Lipinski definition) is 3. The summed E-state index contributed by atoms with van der Waals surface area (Å²) in [4.78, 5) is 47.2. The largest absolute Gasteiger partial charge is 0.463 e. The normalized spacial score (nSPS) is 16.0. The Labute approximate surface area is 191 Å². The Hall–Kier alpha value is -3.45. The van der Waals surface area contributed by atoms with Gasteiger partial charge in [0, 0.05) is 19.7 Å². The maximum absolute atomic E-state index is 12.7. The number of urea groups is 1. The smallest absolute Gasteiger partial charge is 0.338 e. The Kier molecular flexibility index (Phi) is 8.54. The molecular weight excluding hydrogens is 456 g/mol. The number of esters is 2. The molecule has 0 spiro atoms. The summed E-state index contributed by atoms with van der Waals surface area (Å²) in [5.41, 5.74) is 0.578. The van der Waals surface area contributed by atoms with Gasteiger partial charge in [-0.2, -0.15) is 4.31 Å². The highest BCUT2D eigenvalue weighted by Gasteiger charge is 2.31. The van der Waals surface area contributed by atoms with Crippen molar-refractivity contribution in [2.75, 3.05) is 32.1 Å². The molecule has 1 atom stereocenters. The van der Waals surface area contributed by atoms with Crippen molar-refractivity contribution < 1.29 is 37.1 Å². The fourth-order valence-corrected chi connectivity index (χ4v) is 4.07. The van der Waals surface area contributed by atoms with Crippen LogP contribution in [0.1, 0.15) is 20.8 Å². The molecule has 1 aliphatic rings. The first kappa shape index (κ1) is 25.8. The number of anilines is 1. The summed E-state index contributed by atoms with van der Waals surface area (Å²) in [5.74, 6) is -1.87. The molecule has 1 aromatic carbocycles. The summed E-state index contributed by atoms with van der Waals surface area (Å²) in [5, 5.41) is 7.45. The number of rotatable bonds is 9. The van der Waals surface area contributed by atoms with E-state index in [0.717, 1.165) is 4.31 Å². The Morgan fingerprint density at radius 3 is 2.36 bits per heavy atom. The van der Waals surface area contributed by atoms with Crippen molar-refractivity contribution in [2.45, 2.75) is 31.7 Å². The molecule has 1 aromatic rings. The molecule has 3 N–H and O–H groups in total. The lowest BCUT2D eigenvalue weighted by molar-refractivity contribution is -0.143. The minimum absolute atomic E-state index is 0.0529. The Morgan fingerprint density at radius 1 is 1.15 bits per heavy atom. The van der Waals surface area contributed by atoms with Gasteiger partial charge in [0.1, 0.15) is 13.2 Å². The standard InChI is InChI=1S/C20H26N4O8S/c1-5-31-19(27)18-12(2)21-20(28)23-16(18)11-32-17(26)10-24(4)33(29,30)15-8-6-14(7-9-15)22-13(3)25/h6-9,12H,5,10-11H2,1-4H3,(H,22,25)(H2,21,23,28)/t12-/m1/s1. The quantitative estimate of drug-likeness (QED) is 0.424. The highest BCUT2D eigenvalue weighted by molar-refractivity contribution is 7.89. The van der Waals surface area contributed by atoms with Crippen LogP contribution in [-0.4, -0.2) is 69.4 Å². The van der Waals surface area contributed by atoms with Crippen LogP contribution in [0, 0.1) is 0 Å². The topological polar surface area (TPSA) is 160 Å². The van der Waals surface area contributed by atoms with Crippen molar-refractivity contribution >= 4 is 39.6 Å². The average molecular weight is 483 g/mol. The molecule has 1 heterocycles. The number of ether oxygens (including phenoxy) is 2. The number of sulfonamides is 1. The number of amides is 3. The SMILES string of the molecule is CCOC(=O)C1=C(COC(=O)CN(C)S(=O)(=O)c2ccc(NC(C)=O)cc2)NC(=O)N[C@@H]1C. The van der Waals surface area contributed by atoms with Gasteiger partial charge in [-0.3, -0.25) is 9.59 Å². The molecule has 0 fully saturated rings. The fraction of sp³-hybridized carbons (Fsp3) is 0.400. The molecule has 180 valence electrons. The second-order valence-corrected chi connectivity index (χ2v) is 9.11. The van der Waals surface area contributed by atoms with Crippen molar-refractivity contribution in [2.24, 2.45) is 0 Å². The van der Waals surface area contributed by atoms with E-state index in [4.69, 9.17) is 9.47 Å². The van der Waals surface area contributed by atoms with Crippen LogP contribution in [0.4, 0.5) is 10.5 Å². The lowest BCUT2D eigenvalue weighted by Gasteiger charge is -2.26. The highest BCUT2D eigenvalue weighted by atomic mass is 32.2. The zero-order chi connectivity index (χ0) is 24.8. The Bertz CT molecular complexity index is 1070. The molecule has 13 heteroatoms. The first-order valence-corrected chi connectivity index (χ1v) is 11.4. The summed E-state index contributed by atoms with van der Waals surface area (Å²) in [6.07, 6.45) is 0. The van der Waals surface area contributed by atoms with Gasteiger partial charge in [0.2, 0.25) is 15.9 Å². The third kappa shape index (κ3) is 6.76. The zero-order valence-corrected chi connectivity index (χ0v) is 19.4. The van der Waals surface area contributed by atoms with E-state index < -0.39 is 47.2 Å². The Balaban J connectivity index is 2.06. The molecular formula is C20H26N4O8S. The van der Waals surface area contributed by atoms with Crippen molar-refractivity contribution in [3.8, 4) is 0 Å². The van der Waals surface area contributed by atoms with Crippen LogP contribution in [0.2, 0.25) is 0 Å². The molecule has 2 rings (SSSR count). The van der Waals surface area contributed by atoms with Gasteiger partial charge < -0.3 is 25.4 Å². The van der Waals surface area contributed by atoms with E-state index in [2.05, 4.69) is 16.0 Å². The number of nitrogens with zero attached hydrogens (tertiary/aromatic N) is 1. The van der Waals surface area contributed by atoms with E-state index >= 15 is 0 Å². The monoisotopic (exact) mass is 482 g/mol. The van der Waals surface area contributed by atoms with E-state index in [1.807, 2.05) is 0 Å². The number of likely N-dealkylation sites (N-methyl/N-ethyl adjacent to an activating group) is 1. The molecule has 0 saturated heterocycles. The third-order valence-corrected chi connectivity index (χ3v) is 6.30. The van der Waals surface area contributed by atoms with Gasteiger partial charge >= 0.3 is 18.0 Å². The second-order valence-electron chi connectivity index (χ2n) is 7.06. The summed E-state index contributed by atoms with van der Waals surface area (Å²) >= 11 is 0. The molecule has 12 nitrogen and oxygen atoms in total. The van der Waals surface area contributed by atoms with Crippen LogP contribution in [0.3, 0.4) is 0 Å². The predicted molar refractivity (Wildman–Crippen MR) is 116 cm³/mol. The van der Waals surface area contributed by atoms with E-state index in [1.165, 1.54) is 38.2 Å². The number of benzene rings is 1. The summed E-state index contributed by atoms with van der Waals surface area (Å²) in [7, 11) is -2.81. The number of nitrogens with one attached hydrogen (secondary N) is 3. The molecule has 0 saturated carbocycles. The molecule has 1 aliphatic heterocycles. The molecule has 0 bridgehead atoms. The second kappa shape index (κ2) is 10.9. The van der Waals surface area contributed by atoms with Crippen molar-refractivity contribution in [1.29, 1.82) is 0 Å². The number of carbonyl (C=O) groups excluding carboxylic acids is 4. The van der Waals surface area contributed by atoms with Gasteiger partial charge in [0.25, 0.3) is 0 Å². The molecule has 3 amide bonds. The van der Waals surface area contributed by atoms with Crippen LogP contribution in [0.15, 0.2) is 40.4 Å². The number of hydrogen-bond acceptors (Lipinski definition) is 8. The van der Waals surface area contributed by atoms with Gasteiger partial charge in [-0.1, -0.05) is 0 Å². The molecule has 0 aliphatic carbocycles. The molecule has 0 radical (unpaired) electrons. The van der Waals surface area contributed by atoms with Crippen LogP contribution >= 0.6 is 0 Å². The fourth-order valence-electron chi connectivity index (χ4n) is 2.95. The maximum atomic E-state index is 12.7. The van der Waals surface area contributed by atoms with Crippen LogP contribution < -0.4 is 16.0 Å². The van der Waals surface area contributed by atoms with Gasteiger partial charge in [-0.15, -0.1) is 0 Å². The predicted octanol–water partition coefficient (Wildman–Crippen LogP) is 0.327. The summed E-state index contributed by atoms with van der Waals surface area (Å²) < 4.78 is 36.3. The van der Waals surface area contributed by atoms with E-state index in [9.17, 15) is 27.6 Å². The van der Waals surface area contributed by atoms with E-state index in [1.54, 1.807) is 13.8 Å². The lowest BCUT2D eigenvalue weighted by atomic mass is 10.0. The molecule has 0 aromatic heterocycles. The van der Waals surface area contributed by atoms with Crippen LogP contribution in [0.25, 0.3) is 0 Å². The highest BCUT2D eigenvalue weighted by Crippen LogP contribution is 2.18. The minimum atomic E-state index is -4.02. The van der Waals surface area contributed by atoms with Gasteiger partial charge in [0.05, 0.1) is 28.8 Å². The zero-order valence-electron chi connectivity index (χ0n) is 18.6. The van der Waals surface area contributed by atoms with Crippen molar-refractivity contribution in [3.63, 3.8) is 0 Å². The molecule has 33 heavy (non-hydrogen) atoms. The van der Waals surface area contributed by atoms with Crippen LogP contribution in [0.5, 0.6) is 0 Å². The summed E-state index contributed by atoms with van der Waals surface area (Å²) in [6, 6.07) is 4.18. The Morgan fingerprint density at radius 2 is 1.79 bits per heavy atom. The van der Waals surface area contributed by atoms with Crippen LogP contribution in [-0.2, 0) is 33.9 Å². The summed E-state index contributed by atoms with van der Waals surface area (Å²) in [6.45, 7) is 3.57. The minimum Gasteiger partial charge on any atom is -0.463 e. The average Bonchev–Trinajstić information content (AvgIpc) is 2.71. The van der Waals surface area contributed by atoms with Crippen molar-refractivity contribution in [1.82, 2.24) is 14.9 Å². The first-order valence-electron chi connectivity index (χ1n) is 9.93. The third-order valence-electron chi connectivity index (χ3n) is 4.48. The molecule has 0 unspecified atom stereocenters. The van der Waals surface area contributed by atoms with Gasteiger partial charge in [-0.05, 0) is 38.1 Å². The van der Waals surface area contributed by atoms with E-state index in [-0.39, 0.29) is 28.7 Å².